The zero-order valence-electron chi connectivity index (χ0n) is 8.59. The Kier molecular flexibility index (Phi) is 2.63. The second kappa shape index (κ2) is 3.83. The summed E-state index contributed by atoms with van der Waals surface area (Å²) in [5.74, 6) is 3.51. The van der Waals surface area contributed by atoms with Gasteiger partial charge in [0, 0.05) is 5.56 Å². The third kappa shape index (κ3) is 1.48. The van der Waals surface area contributed by atoms with Gasteiger partial charge < -0.3 is 0 Å². The summed E-state index contributed by atoms with van der Waals surface area (Å²) in [5.41, 5.74) is 1.14. The van der Waals surface area contributed by atoms with Crippen LogP contribution in [0.5, 0.6) is 0 Å². The van der Waals surface area contributed by atoms with Crippen LogP contribution in [0, 0.1) is 11.6 Å². The lowest BCUT2D eigenvalue weighted by Gasteiger charge is -2.40. The first-order chi connectivity index (χ1) is 7.60. The fourth-order valence-corrected chi connectivity index (χ4v) is 2.15. The van der Waals surface area contributed by atoms with E-state index < -0.39 is 23.0 Å². The predicted octanol–water partition coefficient (Wildman–Crippen LogP) is 1.38. The molecule has 0 bridgehead atoms. The van der Waals surface area contributed by atoms with Crippen molar-refractivity contribution in [2.45, 2.75) is 24.7 Å². The number of amides is 1. The zero-order valence-corrected chi connectivity index (χ0v) is 8.59. The summed E-state index contributed by atoms with van der Waals surface area (Å²) in [5, 5.41) is 0. The second-order valence-electron chi connectivity index (χ2n) is 4.03. The topological polar surface area (TPSA) is 55.1 Å². The summed E-state index contributed by atoms with van der Waals surface area (Å²) in [7, 11) is 0. The number of carbonyl (C=O) groups excluding carboxylic acids is 1. The summed E-state index contributed by atoms with van der Waals surface area (Å²) >= 11 is 0. The van der Waals surface area contributed by atoms with Gasteiger partial charge in [-0.1, -0.05) is 6.42 Å². The van der Waals surface area contributed by atoms with Crippen LogP contribution in [-0.2, 0) is 10.2 Å². The molecule has 5 heteroatoms. The van der Waals surface area contributed by atoms with Crippen molar-refractivity contribution in [1.82, 2.24) is 5.43 Å². The maximum absolute atomic E-state index is 13.6. The highest BCUT2D eigenvalue weighted by molar-refractivity contribution is 5.88. The molecular weight excluding hydrogens is 214 g/mol. The SMILES string of the molecule is NNC(=O)C1(c2cc(F)ccc2F)CCC1. The molecule has 3 N–H and O–H groups in total. The molecule has 1 aliphatic carbocycles. The van der Waals surface area contributed by atoms with E-state index in [9.17, 15) is 13.6 Å². The van der Waals surface area contributed by atoms with Crippen molar-refractivity contribution in [3.05, 3.63) is 35.4 Å². The molecule has 1 saturated carbocycles. The lowest BCUT2D eigenvalue weighted by molar-refractivity contribution is -0.130. The van der Waals surface area contributed by atoms with Crippen LogP contribution in [0.3, 0.4) is 0 Å². The largest absolute Gasteiger partial charge is 0.293 e. The zero-order chi connectivity index (χ0) is 11.8. The number of rotatable bonds is 2. The van der Waals surface area contributed by atoms with Gasteiger partial charge in [-0.05, 0) is 31.0 Å². The minimum Gasteiger partial charge on any atom is -0.293 e. The maximum atomic E-state index is 13.6. The Labute approximate surface area is 91.6 Å². The van der Waals surface area contributed by atoms with Gasteiger partial charge in [-0.2, -0.15) is 0 Å². The Bertz CT molecular complexity index is 430. The van der Waals surface area contributed by atoms with Crippen LogP contribution in [0.1, 0.15) is 24.8 Å². The first-order valence-corrected chi connectivity index (χ1v) is 5.07. The van der Waals surface area contributed by atoms with Gasteiger partial charge in [0.15, 0.2) is 0 Å². The van der Waals surface area contributed by atoms with Crippen molar-refractivity contribution in [3.63, 3.8) is 0 Å². The molecule has 0 aromatic heterocycles. The Morgan fingerprint density at radius 1 is 1.38 bits per heavy atom. The van der Waals surface area contributed by atoms with Crippen LogP contribution >= 0.6 is 0 Å². The van der Waals surface area contributed by atoms with Crippen molar-refractivity contribution in [3.8, 4) is 0 Å². The third-order valence-corrected chi connectivity index (χ3v) is 3.22. The van der Waals surface area contributed by atoms with Crippen LogP contribution < -0.4 is 11.3 Å². The van der Waals surface area contributed by atoms with Crippen molar-refractivity contribution in [2.75, 3.05) is 0 Å². The van der Waals surface area contributed by atoms with Crippen LogP contribution in [0.4, 0.5) is 8.78 Å². The second-order valence-corrected chi connectivity index (χ2v) is 4.03. The summed E-state index contributed by atoms with van der Waals surface area (Å²) < 4.78 is 26.7. The minimum atomic E-state index is -0.985. The number of benzene rings is 1. The molecule has 0 aliphatic heterocycles. The van der Waals surface area contributed by atoms with E-state index in [1.165, 1.54) is 0 Å². The summed E-state index contributed by atoms with van der Waals surface area (Å²) in [6, 6.07) is 3.14. The standard InChI is InChI=1S/C11H12F2N2O/c12-7-2-3-9(13)8(6-7)11(4-1-5-11)10(16)15-14/h2-3,6H,1,4-5,14H2,(H,15,16). The molecule has 1 aromatic carbocycles. The molecule has 1 fully saturated rings. The molecule has 16 heavy (non-hydrogen) atoms. The fourth-order valence-electron chi connectivity index (χ4n) is 2.15. The van der Waals surface area contributed by atoms with Crippen molar-refractivity contribution < 1.29 is 13.6 Å². The summed E-state index contributed by atoms with van der Waals surface area (Å²) in [4.78, 5) is 11.7. The van der Waals surface area contributed by atoms with Crippen LogP contribution in [0.2, 0.25) is 0 Å². The molecule has 1 amide bonds. The van der Waals surface area contributed by atoms with Gasteiger partial charge in [0.25, 0.3) is 0 Å². The van der Waals surface area contributed by atoms with Gasteiger partial charge in [0.2, 0.25) is 5.91 Å². The average molecular weight is 226 g/mol. The Balaban J connectivity index is 2.48. The normalized spacial score (nSPS) is 17.7. The Morgan fingerprint density at radius 2 is 2.06 bits per heavy atom. The van der Waals surface area contributed by atoms with Gasteiger partial charge in [-0.25, -0.2) is 14.6 Å². The Morgan fingerprint density at radius 3 is 2.56 bits per heavy atom. The smallest absolute Gasteiger partial charge is 0.244 e. The molecule has 1 aliphatic rings. The lowest BCUT2D eigenvalue weighted by Crippen LogP contribution is -2.51. The number of hydrazine groups is 1. The van der Waals surface area contributed by atoms with Gasteiger partial charge in [0.1, 0.15) is 11.6 Å². The highest BCUT2D eigenvalue weighted by atomic mass is 19.1. The fraction of sp³-hybridized carbons (Fsp3) is 0.364. The number of hydrogen-bond acceptors (Lipinski definition) is 2. The molecule has 0 spiro atoms. The highest BCUT2D eigenvalue weighted by Gasteiger charge is 2.47. The van der Waals surface area contributed by atoms with Gasteiger partial charge in [-0.3, -0.25) is 10.2 Å². The number of nitrogens with one attached hydrogen (secondary N) is 1. The quantitative estimate of drug-likeness (QED) is 0.454. The van der Waals surface area contributed by atoms with E-state index in [1.807, 2.05) is 5.43 Å². The van der Waals surface area contributed by atoms with E-state index >= 15 is 0 Å². The van der Waals surface area contributed by atoms with Crippen molar-refractivity contribution >= 4 is 5.91 Å². The third-order valence-electron chi connectivity index (χ3n) is 3.22. The number of carbonyl (C=O) groups is 1. The number of nitrogens with two attached hydrogens (primary N) is 1. The van der Waals surface area contributed by atoms with E-state index in [2.05, 4.69) is 0 Å². The molecular formula is C11H12F2N2O. The Hall–Kier alpha value is -1.49. The molecule has 86 valence electrons. The molecule has 0 atom stereocenters. The van der Waals surface area contributed by atoms with E-state index in [4.69, 9.17) is 5.84 Å². The molecule has 0 radical (unpaired) electrons. The molecule has 0 unspecified atom stereocenters. The highest BCUT2D eigenvalue weighted by Crippen LogP contribution is 2.44. The predicted molar refractivity (Wildman–Crippen MR) is 54.2 cm³/mol. The van der Waals surface area contributed by atoms with Gasteiger partial charge in [-0.15, -0.1) is 0 Å². The van der Waals surface area contributed by atoms with Gasteiger partial charge in [0.05, 0.1) is 5.41 Å². The van der Waals surface area contributed by atoms with Crippen molar-refractivity contribution in [2.24, 2.45) is 5.84 Å². The van der Waals surface area contributed by atoms with E-state index in [0.29, 0.717) is 12.8 Å². The van der Waals surface area contributed by atoms with E-state index in [-0.39, 0.29) is 5.56 Å². The monoisotopic (exact) mass is 226 g/mol. The van der Waals surface area contributed by atoms with Crippen molar-refractivity contribution in [1.29, 1.82) is 0 Å². The van der Waals surface area contributed by atoms with E-state index in [0.717, 1.165) is 24.6 Å². The van der Waals surface area contributed by atoms with Gasteiger partial charge >= 0.3 is 0 Å². The van der Waals surface area contributed by atoms with Crippen LogP contribution in [0.15, 0.2) is 18.2 Å². The summed E-state index contributed by atoms with van der Waals surface area (Å²) in [6.07, 6.45) is 1.80. The molecule has 0 saturated heterocycles. The number of halogens is 2. The maximum Gasteiger partial charge on any atom is 0.244 e. The van der Waals surface area contributed by atoms with Crippen LogP contribution in [-0.4, -0.2) is 5.91 Å². The average Bonchev–Trinajstić information content (AvgIpc) is 2.21. The molecule has 2 rings (SSSR count). The molecule has 0 heterocycles. The first kappa shape index (κ1) is 11.0. The minimum absolute atomic E-state index is 0.0988. The van der Waals surface area contributed by atoms with E-state index in [1.54, 1.807) is 0 Å². The van der Waals surface area contributed by atoms with Crippen LogP contribution in [0.25, 0.3) is 0 Å². The first-order valence-electron chi connectivity index (χ1n) is 5.07. The summed E-state index contributed by atoms with van der Waals surface area (Å²) in [6.45, 7) is 0. The molecule has 1 aromatic rings. The lowest BCUT2D eigenvalue weighted by atomic mass is 9.63. The number of hydrogen-bond donors (Lipinski definition) is 2. The molecule has 3 nitrogen and oxygen atoms in total.